The molecular weight excluding hydrogens is 375 g/mol. The van der Waals surface area contributed by atoms with Crippen LogP contribution in [-0.4, -0.2) is 35.9 Å². The van der Waals surface area contributed by atoms with Crippen molar-refractivity contribution in [3.8, 4) is 10.1 Å². The number of anilines is 2. The molecule has 0 saturated heterocycles. The molecule has 0 saturated carbocycles. The van der Waals surface area contributed by atoms with E-state index in [4.69, 9.17) is 9.31 Å². The maximum Gasteiger partial charge on any atom is 0.577 e. The Bertz CT molecular complexity index is 1000. The lowest BCUT2D eigenvalue weighted by Crippen LogP contribution is -2.09. The summed E-state index contributed by atoms with van der Waals surface area (Å²) in [5.41, 5.74) is 2.37. The second-order valence-electron chi connectivity index (χ2n) is 6.77. The predicted octanol–water partition coefficient (Wildman–Crippen LogP) is 4.97. The molecule has 7 heteroatoms. The molecule has 4 nitrogen and oxygen atoms in total. The van der Waals surface area contributed by atoms with Gasteiger partial charge >= 0.3 is 7.69 Å². The van der Waals surface area contributed by atoms with Crippen molar-refractivity contribution in [2.24, 2.45) is 0 Å². The van der Waals surface area contributed by atoms with Gasteiger partial charge in [0.05, 0.1) is 0 Å². The summed E-state index contributed by atoms with van der Waals surface area (Å²) in [5, 5.41) is 4.13. The third-order valence-corrected chi connectivity index (χ3v) is 6.45. The molecule has 2 aromatic heterocycles. The average molecular weight is 396 g/mol. The maximum atomic E-state index is 5.83. The average Bonchev–Trinajstić information content (AvgIpc) is 3.22. The minimum Gasteiger partial charge on any atom is -0.521 e. The molecule has 0 aliphatic heterocycles. The summed E-state index contributed by atoms with van der Waals surface area (Å²) in [6.45, 7) is 0. The van der Waals surface area contributed by atoms with Crippen LogP contribution in [-0.2, 0) is 0 Å². The zero-order chi connectivity index (χ0) is 19.0. The van der Waals surface area contributed by atoms with Crippen molar-refractivity contribution < 1.29 is 9.31 Å². The smallest absolute Gasteiger partial charge is 0.521 e. The summed E-state index contributed by atoms with van der Waals surface area (Å²) in [7, 11) is 8.40. The molecular formula is C20H21BN2O2S2. The van der Waals surface area contributed by atoms with E-state index in [1.165, 1.54) is 31.5 Å². The SMILES string of the molecule is CN(C)c1ccc2sc(OBOc3cc4cc(N(C)C)ccc4s3)cc2c1. The standard InChI is InChI=1S/C20H21BN2O2S2/c1-22(2)15-5-7-17-13(9-15)11-19(26-17)24-21-25-20-12-14-10-16(23(3)4)6-8-18(14)27-20/h5-12,21H,1-4H3. The number of hydrogen-bond acceptors (Lipinski definition) is 6. The lowest BCUT2D eigenvalue weighted by molar-refractivity contribution is 0.474. The third kappa shape index (κ3) is 3.84. The van der Waals surface area contributed by atoms with Crippen LogP contribution < -0.4 is 19.1 Å². The molecule has 0 atom stereocenters. The molecule has 0 radical (unpaired) electrons. The number of hydrogen-bond donors (Lipinski definition) is 0. The van der Waals surface area contributed by atoms with Gasteiger partial charge in [-0.15, -0.1) is 22.7 Å². The Labute approximate surface area is 167 Å². The monoisotopic (exact) mass is 396 g/mol. The van der Waals surface area contributed by atoms with E-state index in [9.17, 15) is 0 Å². The molecule has 138 valence electrons. The van der Waals surface area contributed by atoms with Crippen molar-refractivity contribution in [3.05, 3.63) is 48.5 Å². The summed E-state index contributed by atoms with van der Waals surface area (Å²) in [6.07, 6.45) is 0. The Morgan fingerprint density at radius 2 is 1.11 bits per heavy atom. The van der Waals surface area contributed by atoms with Crippen molar-refractivity contribution in [1.29, 1.82) is 0 Å². The molecule has 0 aliphatic carbocycles. The number of nitrogens with zero attached hydrogens (tertiary/aromatic N) is 2. The molecule has 0 spiro atoms. The van der Waals surface area contributed by atoms with Crippen molar-refractivity contribution >= 4 is 61.9 Å². The zero-order valence-electron chi connectivity index (χ0n) is 15.9. The van der Waals surface area contributed by atoms with Crippen molar-refractivity contribution in [3.63, 3.8) is 0 Å². The molecule has 2 aromatic carbocycles. The van der Waals surface area contributed by atoms with E-state index < -0.39 is 0 Å². The Morgan fingerprint density at radius 3 is 1.52 bits per heavy atom. The van der Waals surface area contributed by atoms with E-state index in [1.54, 1.807) is 22.7 Å². The predicted molar refractivity (Wildman–Crippen MR) is 121 cm³/mol. The minimum absolute atomic E-state index is 0.209. The first-order valence-corrected chi connectivity index (χ1v) is 10.3. The number of rotatable bonds is 6. The summed E-state index contributed by atoms with van der Waals surface area (Å²) >= 11 is 3.28. The first-order chi connectivity index (χ1) is 13.0. The van der Waals surface area contributed by atoms with Crippen LogP contribution in [0, 0.1) is 0 Å². The van der Waals surface area contributed by atoms with E-state index in [-0.39, 0.29) is 7.69 Å². The van der Waals surface area contributed by atoms with Crippen LogP contribution in [0.5, 0.6) is 10.1 Å². The second-order valence-corrected chi connectivity index (χ2v) is 8.86. The van der Waals surface area contributed by atoms with Crippen molar-refractivity contribution in [1.82, 2.24) is 0 Å². The first-order valence-electron chi connectivity index (χ1n) is 8.67. The van der Waals surface area contributed by atoms with E-state index in [0.717, 1.165) is 10.1 Å². The molecule has 2 heterocycles. The number of fused-ring (bicyclic) bond motifs is 2. The van der Waals surface area contributed by atoms with Crippen LogP contribution >= 0.6 is 22.7 Å². The van der Waals surface area contributed by atoms with Gasteiger partial charge in [0.25, 0.3) is 0 Å². The molecule has 4 aromatic rings. The van der Waals surface area contributed by atoms with Gasteiger partial charge < -0.3 is 19.1 Å². The van der Waals surface area contributed by atoms with Gasteiger partial charge in [-0.3, -0.25) is 0 Å². The Hall–Kier alpha value is -2.38. The fraction of sp³-hybridized carbons (Fsp3) is 0.200. The van der Waals surface area contributed by atoms with Crippen LogP contribution in [0.15, 0.2) is 48.5 Å². The highest BCUT2D eigenvalue weighted by molar-refractivity contribution is 7.21. The van der Waals surface area contributed by atoms with Crippen LogP contribution in [0.25, 0.3) is 20.2 Å². The third-order valence-electron chi connectivity index (χ3n) is 4.39. The van der Waals surface area contributed by atoms with Crippen LogP contribution in [0.4, 0.5) is 11.4 Å². The van der Waals surface area contributed by atoms with E-state index in [0.29, 0.717) is 0 Å². The number of benzene rings is 2. The van der Waals surface area contributed by atoms with Gasteiger partial charge in [0.15, 0.2) is 10.1 Å². The van der Waals surface area contributed by atoms with Gasteiger partial charge in [-0.2, -0.15) is 0 Å². The summed E-state index contributed by atoms with van der Waals surface area (Å²) in [6, 6.07) is 17.0. The molecule has 27 heavy (non-hydrogen) atoms. The number of thiophene rings is 2. The van der Waals surface area contributed by atoms with Gasteiger partial charge in [-0.25, -0.2) is 0 Å². The highest BCUT2D eigenvalue weighted by Gasteiger charge is 2.09. The summed E-state index contributed by atoms with van der Waals surface area (Å²) in [4.78, 5) is 4.20. The van der Waals surface area contributed by atoms with Gasteiger partial charge in [0, 0.05) is 49.0 Å². The normalized spacial score (nSPS) is 11.0. The summed E-state index contributed by atoms with van der Waals surface area (Å²) in [5.74, 6) is 0. The van der Waals surface area contributed by atoms with E-state index in [2.05, 4.69) is 58.3 Å². The highest BCUT2D eigenvalue weighted by Crippen LogP contribution is 2.35. The van der Waals surface area contributed by atoms with Crippen LogP contribution in [0.1, 0.15) is 0 Å². The Morgan fingerprint density at radius 1 is 0.667 bits per heavy atom. The molecule has 4 rings (SSSR count). The van der Waals surface area contributed by atoms with Crippen molar-refractivity contribution in [2.45, 2.75) is 0 Å². The maximum absolute atomic E-state index is 5.83. The molecule has 0 aliphatic rings. The Kier molecular flexibility index (Phi) is 4.89. The van der Waals surface area contributed by atoms with Crippen LogP contribution in [0.2, 0.25) is 0 Å². The summed E-state index contributed by atoms with van der Waals surface area (Å²) < 4.78 is 14.1. The van der Waals surface area contributed by atoms with E-state index >= 15 is 0 Å². The fourth-order valence-corrected chi connectivity index (χ4v) is 4.62. The lowest BCUT2D eigenvalue weighted by atomic mass is 10.2. The highest BCUT2D eigenvalue weighted by atomic mass is 32.1. The molecule has 0 bridgehead atoms. The van der Waals surface area contributed by atoms with Gasteiger partial charge in [-0.05, 0) is 59.3 Å². The van der Waals surface area contributed by atoms with Gasteiger partial charge in [0.2, 0.25) is 0 Å². The molecule has 0 N–H and O–H groups in total. The lowest BCUT2D eigenvalue weighted by Gasteiger charge is -2.11. The Balaban J connectivity index is 1.43. The first kappa shape index (κ1) is 18.0. The molecule has 0 fully saturated rings. The van der Waals surface area contributed by atoms with Gasteiger partial charge in [-0.1, -0.05) is 0 Å². The van der Waals surface area contributed by atoms with Crippen molar-refractivity contribution in [2.75, 3.05) is 38.0 Å². The van der Waals surface area contributed by atoms with Crippen LogP contribution in [0.3, 0.4) is 0 Å². The largest absolute Gasteiger partial charge is 0.577 e. The minimum atomic E-state index is 0.209. The van der Waals surface area contributed by atoms with E-state index in [1.807, 2.05) is 28.2 Å². The zero-order valence-corrected chi connectivity index (χ0v) is 17.5. The molecule has 0 amide bonds. The quantitative estimate of drug-likeness (QED) is 0.430. The topological polar surface area (TPSA) is 24.9 Å². The second kappa shape index (κ2) is 7.33. The van der Waals surface area contributed by atoms with Gasteiger partial charge in [0.1, 0.15) is 0 Å². The fourth-order valence-electron chi connectivity index (χ4n) is 2.86. The molecule has 0 unspecified atom stereocenters.